The van der Waals surface area contributed by atoms with E-state index in [9.17, 15) is 28.5 Å². The van der Waals surface area contributed by atoms with Crippen LogP contribution >= 0.6 is 0 Å². The minimum absolute atomic E-state index is 0.0633. The standard InChI is InChI=1S/C48H54N4O6S/c1-5-9-29-51(30-10-6-2)41-17-13-37(14-18-41)33-39(35-49)47(53)57-43-21-25-45(26-22-43)59(55,56)46-27-23-44(24-28-46)58-48(54)40(36-50)34-38-15-19-42(20-16-38)52(31-11-7-3)32-12-8-4/h13-28,33-34H,5-12,29-32H2,1-4H3. The number of rotatable bonds is 22. The maximum Gasteiger partial charge on any atom is 0.354 e. The van der Waals surface area contributed by atoms with Gasteiger partial charge in [0.1, 0.15) is 34.8 Å². The topological polar surface area (TPSA) is 141 Å². The van der Waals surface area contributed by atoms with Crippen molar-refractivity contribution in [1.82, 2.24) is 0 Å². The van der Waals surface area contributed by atoms with E-state index in [2.05, 4.69) is 37.5 Å². The molecule has 4 aromatic rings. The first kappa shape index (κ1) is 45.5. The van der Waals surface area contributed by atoms with Gasteiger partial charge in [-0.2, -0.15) is 10.5 Å². The molecule has 0 fully saturated rings. The van der Waals surface area contributed by atoms with Gasteiger partial charge in [0.15, 0.2) is 0 Å². The van der Waals surface area contributed by atoms with E-state index < -0.39 is 21.8 Å². The first-order valence-electron chi connectivity index (χ1n) is 20.4. The number of unbranched alkanes of at least 4 members (excludes halogenated alkanes) is 4. The molecule has 0 saturated heterocycles. The van der Waals surface area contributed by atoms with Crippen molar-refractivity contribution in [3.05, 3.63) is 119 Å². The number of hydrogen-bond acceptors (Lipinski definition) is 10. The smallest absolute Gasteiger partial charge is 0.354 e. The van der Waals surface area contributed by atoms with Crippen LogP contribution in [0.5, 0.6) is 11.5 Å². The molecule has 0 radical (unpaired) electrons. The van der Waals surface area contributed by atoms with Crippen molar-refractivity contribution < 1.29 is 27.5 Å². The maximum absolute atomic E-state index is 13.4. The van der Waals surface area contributed by atoms with Crippen LogP contribution in [-0.4, -0.2) is 46.5 Å². The molecule has 0 aliphatic rings. The number of nitrogens with zero attached hydrogens (tertiary/aromatic N) is 4. The molecule has 0 bridgehead atoms. The number of benzene rings is 4. The Morgan fingerprint density at radius 1 is 0.525 bits per heavy atom. The van der Waals surface area contributed by atoms with Crippen LogP contribution in [0.15, 0.2) is 118 Å². The SMILES string of the molecule is CCCCN(CCCC)c1ccc(C=C(C#N)C(=O)Oc2ccc(S(=O)(=O)c3ccc(OC(=O)C(C#N)=Cc4ccc(N(CCCC)CCCC)cc4)cc3)cc2)cc1. The number of hydrogen-bond donors (Lipinski definition) is 0. The lowest BCUT2D eigenvalue weighted by molar-refractivity contribution is -0.130. The average molecular weight is 815 g/mol. The second-order valence-electron chi connectivity index (χ2n) is 14.1. The summed E-state index contributed by atoms with van der Waals surface area (Å²) in [5, 5.41) is 19.5. The molecule has 0 amide bonds. The number of ether oxygens (including phenoxy) is 2. The Kier molecular flexibility index (Phi) is 18.0. The second kappa shape index (κ2) is 23.3. The predicted molar refractivity (Wildman–Crippen MR) is 234 cm³/mol. The summed E-state index contributed by atoms with van der Waals surface area (Å²) in [6.45, 7) is 12.5. The number of anilines is 2. The predicted octanol–water partition coefficient (Wildman–Crippen LogP) is 10.4. The molecule has 0 aromatic heterocycles. The molecule has 0 unspecified atom stereocenters. The van der Waals surface area contributed by atoms with Crippen LogP contribution in [0.2, 0.25) is 0 Å². The molecule has 0 saturated carbocycles. The van der Waals surface area contributed by atoms with Gasteiger partial charge in [-0.3, -0.25) is 0 Å². The lowest BCUT2D eigenvalue weighted by atomic mass is 10.1. The summed E-state index contributed by atoms with van der Waals surface area (Å²) in [7, 11) is -4.01. The number of carbonyl (C=O) groups excluding carboxylic acids is 2. The lowest BCUT2D eigenvalue weighted by Crippen LogP contribution is -2.25. The van der Waals surface area contributed by atoms with Crippen molar-refractivity contribution in [1.29, 1.82) is 10.5 Å². The zero-order valence-electron chi connectivity index (χ0n) is 34.5. The van der Waals surface area contributed by atoms with E-state index in [0.29, 0.717) is 11.1 Å². The van der Waals surface area contributed by atoms with Crippen LogP contribution in [-0.2, 0) is 19.4 Å². The normalized spacial score (nSPS) is 11.6. The minimum Gasteiger partial charge on any atom is -0.422 e. The van der Waals surface area contributed by atoms with Crippen LogP contribution in [0.25, 0.3) is 12.2 Å². The van der Waals surface area contributed by atoms with Gasteiger partial charge in [-0.15, -0.1) is 0 Å². The van der Waals surface area contributed by atoms with E-state index in [4.69, 9.17) is 9.47 Å². The summed E-state index contributed by atoms with van der Waals surface area (Å²) in [5.74, 6) is -1.62. The Hall–Kier alpha value is -6.17. The molecule has 59 heavy (non-hydrogen) atoms. The Balaban J connectivity index is 1.38. The van der Waals surface area contributed by atoms with E-state index in [0.717, 1.165) is 88.9 Å². The molecule has 0 spiro atoms. The van der Waals surface area contributed by atoms with E-state index in [1.807, 2.05) is 60.7 Å². The third-order valence-electron chi connectivity index (χ3n) is 9.63. The largest absolute Gasteiger partial charge is 0.422 e. The third-order valence-corrected chi connectivity index (χ3v) is 11.4. The van der Waals surface area contributed by atoms with Gasteiger partial charge < -0.3 is 19.3 Å². The molecular weight excluding hydrogens is 761 g/mol. The van der Waals surface area contributed by atoms with Crippen LogP contribution in [0.4, 0.5) is 11.4 Å². The molecule has 0 atom stereocenters. The summed E-state index contributed by atoms with van der Waals surface area (Å²) in [6.07, 6.45) is 11.7. The molecule has 0 heterocycles. The monoisotopic (exact) mass is 814 g/mol. The second-order valence-corrected chi connectivity index (χ2v) is 16.1. The Labute approximate surface area is 349 Å². The highest BCUT2D eigenvalue weighted by Gasteiger charge is 2.20. The zero-order chi connectivity index (χ0) is 42.6. The number of nitriles is 2. The molecule has 0 aliphatic carbocycles. The summed E-state index contributed by atoms with van der Waals surface area (Å²) >= 11 is 0. The van der Waals surface area contributed by atoms with Gasteiger partial charge in [0.05, 0.1) is 9.79 Å². The molecule has 10 nitrogen and oxygen atoms in total. The first-order chi connectivity index (χ1) is 28.6. The van der Waals surface area contributed by atoms with E-state index in [1.165, 1.54) is 60.7 Å². The van der Waals surface area contributed by atoms with E-state index in [1.54, 1.807) is 0 Å². The summed E-state index contributed by atoms with van der Waals surface area (Å²) < 4.78 is 37.7. The Bertz CT molecular complexity index is 2060. The minimum atomic E-state index is -4.01. The van der Waals surface area contributed by atoms with Crippen molar-refractivity contribution >= 4 is 45.3 Å². The van der Waals surface area contributed by atoms with Crippen molar-refractivity contribution in [3.8, 4) is 23.6 Å². The van der Waals surface area contributed by atoms with Gasteiger partial charge in [-0.25, -0.2) is 18.0 Å². The fraction of sp³-hybridized carbons (Fsp3) is 0.333. The fourth-order valence-electron chi connectivity index (χ4n) is 6.14. The Morgan fingerprint density at radius 2 is 0.831 bits per heavy atom. The molecule has 11 heteroatoms. The van der Waals surface area contributed by atoms with Gasteiger partial charge in [0.2, 0.25) is 9.84 Å². The average Bonchev–Trinajstić information content (AvgIpc) is 3.25. The highest BCUT2D eigenvalue weighted by Crippen LogP contribution is 2.27. The zero-order valence-corrected chi connectivity index (χ0v) is 35.3. The van der Waals surface area contributed by atoms with Gasteiger partial charge in [0.25, 0.3) is 0 Å². The highest BCUT2D eigenvalue weighted by atomic mass is 32.2. The molecular formula is C48H54N4O6S. The van der Waals surface area contributed by atoms with Crippen LogP contribution in [0.1, 0.15) is 90.2 Å². The third kappa shape index (κ3) is 13.4. The van der Waals surface area contributed by atoms with Crippen molar-refractivity contribution in [2.75, 3.05) is 36.0 Å². The maximum atomic E-state index is 13.4. The van der Waals surface area contributed by atoms with Gasteiger partial charge in [0, 0.05) is 37.6 Å². The van der Waals surface area contributed by atoms with E-state index >= 15 is 0 Å². The summed E-state index contributed by atoms with van der Waals surface area (Å²) in [6, 6.07) is 29.7. The van der Waals surface area contributed by atoms with E-state index in [-0.39, 0.29) is 32.4 Å². The highest BCUT2D eigenvalue weighted by molar-refractivity contribution is 7.91. The summed E-state index contributed by atoms with van der Waals surface area (Å²) in [5.41, 5.74) is 3.10. The van der Waals surface area contributed by atoms with Crippen molar-refractivity contribution in [2.45, 2.75) is 88.9 Å². The van der Waals surface area contributed by atoms with Gasteiger partial charge in [-0.1, -0.05) is 77.6 Å². The lowest BCUT2D eigenvalue weighted by Gasteiger charge is -2.24. The number of carbonyl (C=O) groups is 2. The van der Waals surface area contributed by atoms with Crippen molar-refractivity contribution in [2.24, 2.45) is 0 Å². The molecule has 0 aliphatic heterocycles. The van der Waals surface area contributed by atoms with Gasteiger partial charge in [-0.05, 0) is 122 Å². The molecule has 308 valence electrons. The molecule has 4 rings (SSSR count). The van der Waals surface area contributed by atoms with Crippen LogP contribution in [0.3, 0.4) is 0 Å². The quantitative estimate of drug-likeness (QED) is 0.0326. The summed E-state index contributed by atoms with van der Waals surface area (Å²) in [4.78, 5) is 30.4. The van der Waals surface area contributed by atoms with Crippen molar-refractivity contribution in [3.63, 3.8) is 0 Å². The van der Waals surface area contributed by atoms with Gasteiger partial charge >= 0.3 is 11.9 Å². The number of esters is 2. The van der Waals surface area contributed by atoms with Crippen LogP contribution in [0, 0.1) is 22.7 Å². The fourth-order valence-corrected chi connectivity index (χ4v) is 7.40. The number of sulfone groups is 1. The molecule has 4 aromatic carbocycles. The van der Waals surface area contributed by atoms with Crippen LogP contribution < -0.4 is 19.3 Å². The Morgan fingerprint density at radius 3 is 1.10 bits per heavy atom. The first-order valence-corrected chi connectivity index (χ1v) is 21.9. The molecule has 0 N–H and O–H groups in total.